The first-order valence-electron chi connectivity index (χ1n) is 6.42. The molecular formula is C13H20OS. The maximum atomic E-state index is 11.3. The van der Waals surface area contributed by atoms with E-state index in [9.17, 15) is 4.79 Å². The molecule has 1 aliphatic heterocycles. The SMILES string of the molecule is O=CC1(CC2CC3CCC2C3)CCCS1. The van der Waals surface area contributed by atoms with Crippen molar-refractivity contribution in [2.75, 3.05) is 5.75 Å². The highest BCUT2D eigenvalue weighted by molar-refractivity contribution is 8.01. The van der Waals surface area contributed by atoms with Crippen molar-refractivity contribution in [3.63, 3.8) is 0 Å². The molecule has 0 spiro atoms. The molecule has 2 bridgehead atoms. The summed E-state index contributed by atoms with van der Waals surface area (Å²) in [4.78, 5) is 11.3. The fraction of sp³-hybridized carbons (Fsp3) is 0.923. The number of hydrogen-bond donors (Lipinski definition) is 0. The van der Waals surface area contributed by atoms with Crippen LogP contribution in [-0.4, -0.2) is 16.8 Å². The minimum absolute atomic E-state index is 0.0369. The Morgan fingerprint density at radius 1 is 1.33 bits per heavy atom. The van der Waals surface area contributed by atoms with E-state index in [2.05, 4.69) is 0 Å². The van der Waals surface area contributed by atoms with Crippen LogP contribution in [0.3, 0.4) is 0 Å². The number of carbonyl (C=O) groups excluding carboxylic acids is 1. The third kappa shape index (κ3) is 1.75. The molecule has 4 unspecified atom stereocenters. The molecule has 2 saturated carbocycles. The zero-order valence-corrected chi connectivity index (χ0v) is 10.1. The van der Waals surface area contributed by atoms with Crippen molar-refractivity contribution in [3.05, 3.63) is 0 Å². The van der Waals surface area contributed by atoms with Crippen LogP contribution in [0, 0.1) is 17.8 Å². The van der Waals surface area contributed by atoms with Gasteiger partial charge in [0.25, 0.3) is 0 Å². The summed E-state index contributed by atoms with van der Waals surface area (Å²) in [5.74, 6) is 4.10. The van der Waals surface area contributed by atoms with Gasteiger partial charge in [-0.3, -0.25) is 0 Å². The first-order valence-corrected chi connectivity index (χ1v) is 7.40. The standard InChI is InChI=1S/C13H20OS/c14-9-13(4-1-5-15-13)8-12-7-10-2-3-11(12)6-10/h9-12H,1-8H2. The number of rotatable bonds is 3. The van der Waals surface area contributed by atoms with Gasteiger partial charge >= 0.3 is 0 Å². The predicted octanol–water partition coefficient (Wildman–Crippen LogP) is 3.28. The highest BCUT2D eigenvalue weighted by atomic mass is 32.2. The molecule has 3 rings (SSSR count). The largest absolute Gasteiger partial charge is 0.302 e. The lowest BCUT2D eigenvalue weighted by atomic mass is 9.81. The molecular weight excluding hydrogens is 204 g/mol. The quantitative estimate of drug-likeness (QED) is 0.684. The Hall–Kier alpha value is 0.0200. The first kappa shape index (κ1) is 10.2. The van der Waals surface area contributed by atoms with Gasteiger partial charge in [-0.05, 0) is 62.0 Å². The van der Waals surface area contributed by atoms with E-state index >= 15 is 0 Å². The molecule has 1 saturated heterocycles. The van der Waals surface area contributed by atoms with Gasteiger partial charge in [-0.15, -0.1) is 11.8 Å². The van der Waals surface area contributed by atoms with Crippen molar-refractivity contribution in [1.29, 1.82) is 0 Å². The second kappa shape index (κ2) is 3.80. The Morgan fingerprint density at radius 2 is 2.27 bits per heavy atom. The molecule has 2 aliphatic carbocycles. The lowest BCUT2D eigenvalue weighted by molar-refractivity contribution is -0.110. The summed E-state index contributed by atoms with van der Waals surface area (Å²) in [6.45, 7) is 0. The fourth-order valence-corrected chi connectivity index (χ4v) is 5.48. The Morgan fingerprint density at radius 3 is 2.80 bits per heavy atom. The topological polar surface area (TPSA) is 17.1 Å². The second-order valence-electron chi connectivity index (χ2n) is 5.77. The van der Waals surface area contributed by atoms with Crippen molar-refractivity contribution in [2.45, 2.75) is 49.7 Å². The molecule has 0 aromatic rings. The van der Waals surface area contributed by atoms with Crippen LogP contribution in [0.15, 0.2) is 0 Å². The summed E-state index contributed by atoms with van der Waals surface area (Å²) >= 11 is 1.94. The maximum Gasteiger partial charge on any atom is 0.136 e. The smallest absolute Gasteiger partial charge is 0.136 e. The molecule has 1 nitrogen and oxygen atoms in total. The monoisotopic (exact) mass is 224 g/mol. The van der Waals surface area contributed by atoms with Gasteiger partial charge in [0.05, 0.1) is 4.75 Å². The summed E-state index contributed by atoms with van der Waals surface area (Å²) in [5, 5.41) is 0. The molecule has 0 N–H and O–H groups in total. The third-order valence-electron chi connectivity index (χ3n) is 4.84. The van der Waals surface area contributed by atoms with Gasteiger partial charge in [-0.1, -0.05) is 6.42 Å². The molecule has 2 heteroatoms. The van der Waals surface area contributed by atoms with Crippen molar-refractivity contribution >= 4 is 18.0 Å². The van der Waals surface area contributed by atoms with Gasteiger partial charge < -0.3 is 4.79 Å². The van der Waals surface area contributed by atoms with Crippen molar-refractivity contribution in [3.8, 4) is 0 Å². The van der Waals surface area contributed by atoms with Gasteiger partial charge in [-0.2, -0.15) is 0 Å². The van der Waals surface area contributed by atoms with Crippen LogP contribution in [0.5, 0.6) is 0 Å². The summed E-state index contributed by atoms with van der Waals surface area (Å²) in [6.07, 6.45) is 10.7. The van der Waals surface area contributed by atoms with E-state index in [0.717, 1.165) is 24.2 Å². The number of fused-ring (bicyclic) bond motifs is 2. The molecule has 3 aliphatic rings. The van der Waals surface area contributed by atoms with E-state index in [1.807, 2.05) is 11.8 Å². The van der Waals surface area contributed by atoms with Gasteiger partial charge in [0, 0.05) is 0 Å². The minimum Gasteiger partial charge on any atom is -0.302 e. The van der Waals surface area contributed by atoms with Crippen molar-refractivity contribution in [1.82, 2.24) is 0 Å². The van der Waals surface area contributed by atoms with Crippen LogP contribution >= 0.6 is 11.8 Å². The van der Waals surface area contributed by atoms with E-state index in [-0.39, 0.29) is 4.75 Å². The van der Waals surface area contributed by atoms with Gasteiger partial charge in [0.15, 0.2) is 0 Å². The molecule has 15 heavy (non-hydrogen) atoms. The van der Waals surface area contributed by atoms with Crippen LogP contribution in [0.1, 0.15) is 44.9 Å². The zero-order valence-electron chi connectivity index (χ0n) is 9.28. The lowest BCUT2D eigenvalue weighted by Gasteiger charge is -2.29. The summed E-state index contributed by atoms with van der Waals surface area (Å²) in [7, 11) is 0. The summed E-state index contributed by atoms with van der Waals surface area (Å²) in [5.41, 5.74) is 0. The average Bonchev–Trinajstić information content (AvgIpc) is 2.93. The summed E-state index contributed by atoms with van der Waals surface area (Å²) in [6, 6.07) is 0. The molecule has 0 radical (unpaired) electrons. The Bertz CT molecular complexity index is 257. The van der Waals surface area contributed by atoms with Crippen LogP contribution in [0.25, 0.3) is 0 Å². The van der Waals surface area contributed by atoms with Crippen LogP contribution in [-0.2, 0) is 4.79 Å². The van der Waals surface area contributed by atoms with E-state index < -0.39 is 0 Å². The molecule has 1 heterocycles. The van der Waals surface area contributed by atoms with Crippen LogP contribution in [0.4, 0.5) is 0 Å². The summed E-state index contributed by atoms with van der Waals surface area (Å²) < 4.78 is 0.0369. The van der Waals surface area contributed by atoms with E-state index in [0.29, 0.717) is 0 Å². The van der Waals surface area contributed by atoms with E-state index in [1.165, 1.54) is 50.6 Å². The Balaban J connectivity index is 1.66. The molecule has 0 aromatic heterocycles. The maximum absolute atomic E-state index is 11.3. The van der Waals surface area contributed by atoms with Crippen LogP contribution < -0.4 is 0 Å². The second-order valence-corrected chi connectivity index (χ2v) is 7.28. The zero-order chi connectivity index (χ0) is 10.3. The number of hydrogen-bond acceptors (Lipinski definition) is 2. The molecule has 84 valence electrons. The van der Waals surface area contributed by atoms with Gasteiger partial charge in [-0.25, -0.2) is 0 Å². The number of carbonyl (C=O) groups is 1. The van der Waals surface area contributed by atoms with E-state index in [4.69, 9.17) is 0 Å². The third-order valence-corrected chi connectivity index (χ3v) is 6.38. The van der Waals surface area contributed by atoms with Crippen LogP contribution in [0.2, 0.25) is 0 Å². The minimum atomic E-state index is 0.0369. The van der Waals surface area contributed by atoms with Crippen molar-refractivity contribution < 1.29 is 4.79 Å². The number of thioether (sulfide) groups is 1. The van der Waals surface area contributed by atoms with Gasteiger partial charge in [0.2, 0.25) is 0 Å². The average molecular weight is 224 g/mol. The van der Waals surface area contributed by atoms with Gasteiger partial charge in [0.1, 0.15) is 6.29 Å². The van der Waals surface area contributed by atoms with Crippen molar-refractivity contribution in [2.24, 2.45) is 17.8 Å². The molecule has 3 fully saturated rings. The molecule has 4 atom stereocenters. The lowest BCUT2D eigenvalue weighted by Crippen LogP contribution is -2.28. The Labute approximate surface area is 96.4 Å². The molecule has 0 amide bonds. The molecule has 0 aromatic carbocycles. The number of aldehydes is 1. The fourth-order valence-electron chi connectivity index (χ4n) is 4.09. The normalized spacial score (nSPS) is 48.7. The highest BCUT2D eigenvalue weighted by Crippen LogP contribution is 2.53. The highest BCUT2D eigenvalue weighted by Gasteiger charge is 2.45. The van der Waals surface area contributed by atoms with E-state index in [1.54, 1.807) is 0 Å². The Kier molecular flexibility index (Phi) is 2.58. The predicted molar refractivity (Wildman–Crippen MR) is 64.0 cm³/mol. The first-order chi connectivity index (χ1) is 7.31.